The normalized spacial score (nSPS) is 9.62. The van der Waals surface area contributed by atoms with E-state index < -0.39 is 6.09 Å². The summed E-state index contributed by atoms with van der Waals surface area (Å²) in [7, 11) is 0. The molecule has 16 heavy (non-hydrogen) atoms. The van der Waals surface area contributed by atoms with Crippen LogP contribution in [0.1, 0.15) is 25.0 Å². The van der Waals surface area contributed by atoms with Crippen molar-refractivity contribution in [2.24, 2.45) is 0 Å². The van der Waals surface area contributed by atoms with E-state index in [1.54, 1.807) is 32.0 Å². The molecule has 0 atom stereocenters. The van der Waals surface area contributed by atoms with Crippen molar-refractivity contribution in [3.63, 3.8) is 0 Å². The van der Waals surface area contributed by atoms with Gasteiger partial charge in [0.2, 0.25) is 0 Å². The number of nitriles is 1. The lowest BCUT2D eigenvalue weighted by molar-refractivity contribution is 0.115. The van der Waals surface area contributed by atoms with Crippen LogP contribution in [0.25, 0.3) is 0 Å². The molecule has 0 fully saturated rings. The van der Waals surface area contributed by atoms with Crippen LogP contribution in [0.5, 0.6) is 0 Å². The summed E-state index contributed by atoms with van der Waals surface area (Å²) in [4.78, 5) is 11.2. The number of alkyl carbamates (subject to hydrolysis) is 1. The molecular formula is C12H14N2O2. The topological polar surface area (TPSA) is 62.1 Å². The van der Waals surface area contributed by atoms with Gasteiger partial charge in [0.25, 0.3) is 0 Å². The highest BCUT2D eigenvalue weighted by molar-refractivity contribution is 5.67. The Bertz CT molecular complexity index is 408. The Balaban J connectivity index is 2.49. The molecule has 1 N–H and O–H groups in total. The van der Waals surface area contributed by atoms with Gasteiger partial charge >= 0.3 is 6.09 Å². The van der Waals surface area contributed by atoms with E-state index in [1.807, 2.05) is 12.1 Å². The molecule has 4 nitrogen and oxygen atoms in total. The molecule has 0 aromatic heterocycles. The summed E-state index contributed by atoms with van der Waals surface area (Å²) in [5.41, 5.74) is 1.45. The minimum absolute atomic E-state index is 0.134. The number of hydrogen-bond acceptors (Lipinski definition) is 3. The number of benzene rings is 1. The number of hydrogen-bond donors (Lipinski definition) is 1. The molecule has 0 radical (unpaired) electrons. The highest BCUT2D eigenvalue weighted by Gasteiger charge is 2.04. The van der Waals surface area contributed by atoms with Crippen molar-refractivity contribution >= 4 is 6.09 Å². The first kappa shape index (κ1) is 12.1. The van der Waals surface area contributed by atoms with Crippen molar-refractivity contribution < 1.29 is 9.53 Å². The van der Waals surface area contributed by atoms with E-state index in [4.69, 9.17) is 10.00 Å². The van der Waals surface area contributed by atoms with Gasteiger partial charge in [-0.15, -0.1) is 0 Å². The van der Waals surface area contributed by atoms with Crippen LogP contribution in [-0.2, 0) is 11.3 Å². The molecular weight excluding hydrogens is 204 g/mol. The molecule has 4 heteroatoms. The summed E-state index contributed by atoms with van der Waals surface area (Å²) in [6, 6.07) is 9.12. The van der Waals surface area contributed by atoms with E-state index in [1.165, 1.54) is 0 Å². The van der Waals surface area contributed by atoms with Crippen molar-refractivity contribution in [2.45, 2.75) is 26.5 Å². The highest BCUT2D eigenvalue weighted by Crippen LogP contribution is 2.03. The van der Waals surface area contributed by atoms with Crippen molar-refractivity contribution in [2.75, 3.05) is 0 Å². The minimum atomic E-state index is -0.447. The Kier molecular flexibility index (Phi) is 4.34. The van der Waals surface area contributed by atoms with E-state index in [2.05, 4.69) is 5.32 Å². The van der Waals surface area contributed by atoms with Gasteiger partial charge in [-0.1, -0.05) is 12.1 Å². The molecule has 0 saturated carbocycles. The molecule has 0 aliphatic rings. The Hall–Kier alpha value is -2.02. The maximum absolute atomic E-state index is 11.2. The molecule has 0 spiro atoms. The summed E-state index contributed by atoms with van der Waals surface area (Å²) < 4.78 is 4.91. The predicted molar refractivity (Wildman–Crippen MR) is 59.6 cm³/mol. The van der Waals surface area contributed by atoms with Gasteiger partial charge < -0.3 is 10.1 Å². The van der Waals surface area contributed by atoms with E-state index in [-0.39, 0.29) is 6.10 Å². The molecule has 0 heterocycles. The van der Waals surface area contributed by atoms with Crippen LogP contribution in [0.2, 0.25) is 0 Å². The lowest BCUT2D eigenvalue weighted by Gasteiger charge is -2.09. The number of carbonyl (C=O) groups is 1. The number of ether oxygens (including phenoxy) is 1. The number of nitrogens with one attached hydrogen (secondary N) is 1. The lowest BCUT2D eigenvalue weighted by atomic mass is 10.1. The molecule has 0 aliphatic heterocycles. The van der Waals surface area contributed by atoms with Crippen LogP contribution in [0, 0.1) is 11.3 Å². The smallest absolute Gasteiger partial charge is 0.407 e. The van der Waals surface area contributed by atoms with E-state index in [9.17, 15) is 4.79 Å². The molecule has 0 saturated heterocycles. The number of nitrogens with zero attached hydrogens (tertiary/aromatic N) is 1. The van der Waals surface area contributed by atoms with Crippen LogP contribution in [-0.4, -0.2) is 12.2 Å². The van der Waals surface area contributed by atoms with Crippen molar-refractivity contribution in [1.82, 2.24) is 5.32 Å². The molecule has 0 aliphatic carbocycles. The Labute approximate surface area is 94.8 Å². The largest absolute Gasteiger partial charge is 0.447 e. The van der Waals surface area contributed by atoms with Crippen LogP contribution in [0.15, 0.2) is 24.3 Å². The van der Waals surface area contributed by atoms with Gasteiger partial charge in [0, 0.05) is 6.54 Å². The zero-order chi connectivity index (χ0) is 12.0. The molecule has 0 unspecified atom stereocenters. The first-order chi connectivity index (χ1) is 7.61. The summed E-state index contributed by atoms with van der Waals surface area (Å²) in [6.07, 6.45) is -0.581. The van der Waals surface area contributed by atoms with Crippen molar-refractivity contribution in [1.29, 1.82) is 5.26 Å². The summed E-state index contributed by atoms with van der Waals surface area (Å²) in [6.45, 7) is 3.94. The maximum Gasteiger partial charge on any atom is 0.407 e. The summed E-state index contributed by atoms with van der Waals surface area (Å²) in [5, 5.41) is 11.3. The molecule has 0 bridgehead atoms. The Morgan fingerprint density at radius 2 is 2.31 bits per heavy atom. The van der Waals surface area contributed by atoms with Crippen LogP contribution in [0.3, 0.4) is 0 Å². The average molecular weight is 218 g/mol. The van der Waals surface area contributed by atoms with E-state index >= 15 is 0 Å². The van der Waals surface area contributed by atoms with Gasteiger partial charge in [0.1, 0.15) is 0 Å². The lowest BCUT2D eigenvalue weighted by Crippen LogP contribution is -2.26. The second-order valence-electron chi connectivity index (χ2n) is 3.62. The Morgan fingerprint density at radius 1 is 1.56 bits per heavy atom. The number of rotatable bonds is 3. The monoisotopic (exact) mass is 218 g/mol. The zero-order valence-corrected chi connectivity index (χ0v) is 9.36. The average Bonchev–Trinajstić information content (AvgIpc) is 2.26. The fourth-order valence-electron chi connectivity index (χ4n) is 1.18. The summed E-state index contributed by atoms with van der Waals surface area (Å²) in [5.74, 6) is 0. The van der Waals surface area contributed by atoms with E-state index in [0.717, 1.165) is 5.56 Å². The molecule has 1 amide bonds. The Morgan fingerprint density at radius 3 is 2.94 bits per heavy atom. The van der Waals surface area contributed by atoms with Gasteiger partial charge in [0.15, 0.2) is 0 Å². The fraction of sp³-hybridized carbons (Fsp3) is 0.333. The summed E-state index contributed by atoms with van der Waals surface area (Å²) >= 11 is 0. The van der Waals surface area contributed by atoms with Crippen LogP contribution >= 0.6 is 0 Å². The van der Waals surface area contributed by atoms with Gasteiger partial charge in [-0.25, -0.2) is 4.79 Å². The molecule has 1 aromatic carbocycles. The SMILES string of the molecule is CC(C)OC(=O)NCc1cccc(C#N)c1. The van der Waals surface area contributed by atoms with Gasteiger partial charge in [-0.3, -0.25) is 0 Å². The predicted octanol–water partition coefficient (Wildman–Crippen LogP) is 2.19. The zero-order valence-electron chi connectivity index (χ0n) is 9.36. The highest BCUT2D eigenvalue weighted by atomic mass is 16.6. The maximum atomic E-state index is 11.2. The molecule has 84 valence electrons. The first-order valence-electron chi connectivity index (χ1n) is 5.05. The quantitative estimate of drug-likeness (QED) is 0.845. The second-order valence-corrected chi connectivity index (χ2v) is 3.62. The van der Waals surface area contributed by atoms with Gasteiger partial charge in [-0.2, -0.15) is 5.26 Å². The van der Waals surface area contributed by atoms with Crippen molar-refractivity contribution in [3.05, 3.63) is 35.4 Å². The first-order valence-corrected chi connectivity index (χ1v) is 5.05. The third kappa shape index (κ3) is 4.01. The van der Waals surface area contributed by atoms with Crippen LogP contribution < -0.4 is 5.32 Å². The number of amides is 1. The van der Waals surface area contributed by atoms with Gasteiger partial charge in [0.05, 0.1) is 17.7 Å². The molecule has 1 aromatic rings. The minimum Gasteiger partial charge on any atom is -0.447 e. The third-order valence-electron chi connectivity index (χ3n) is 1.84. The van der Waals surface area contributed by atoms with Gasteiger partial charge in [-0.05, 0) is 31.5 Å². The van der Waals surface area contributed by atoms with Crippen LogP contribution in [0.4, 0.5) is 4.79 Å². The third-order valence-corrected chi connectivity index (χ3v) is 1.84. The van der Waals surface area contributed by atoms with E-state index in [0.29, 0.717) is 12.1 Å². The fourth-order valence-corrected chi connectivity index (χ4v) is 1.18. The number of carbonyl (C=O) groups excluding carboxylic acids is 1. The standard InChI is InChI=1S/C12H14N2O2/c1-9(2)16-12(15)14-8-11-5-3-4-10(6-11)7-13/h3-6,9H,8H2,1-2H3,(H,14,15). The second kappa shape index (κ2) is 5.76. The molecule has 1 rings (SSSR count). The van der Waals surface area contributed by atoms with Crippen molar-refractivity contribution in [3.8, 4) is 6.07 Å².